The van der Waals surface area contributed by atoms with Gasteiger partial charge in [-0.1, -0.05) is 36.4 Å². The van der Waals surface area contributed by atoms with Crippen LogP contribution in [0.3, 0.4) is 0 Å². The van der Waals surface area contributed by atoms with Crippen molar-refractivity contribution < 1.29 is 19.6 Å². The van der Waals surface area contributed by atoms with Gasteiger partial charge in [-0.05, 0) is 17.2 Å². The fourth-order valence-corrected chi connectivity index (χ4v) is 3.34. The van der Waals surface area contributed by atoms with Gasteiger partial charge in [-0.3, -0.25) is 19.7 Å². The normalized spacial score (nSPS) is 15.7. The smallest absolute Gasteiger partial charge is 0.312 e. The molecule has 1 aliphatic rings. The molecule has 8 nitrogen and oxygen atoms in total. The van der Waals surface area contributed by atoms with Gasteiger partial charge in [0.2, 0.25) is 5.91 Å². The van der Waals surface area contributed by atoms with Gasteiger partial charge in [0.05, 0.1) is 17.4 Å². The predicted molar refractivity (Wildman–Crippen MR) is 98.6 cm³/mol. The molecule has 0 spiro atoms. The van der Waals surface area contributed by atoms with Crippen LogP contribution in [0.5, 0.6) is 0 Å². The van der Waals surface area contributed by atoms with E-state index in [1.165, 1.54) is 15.9 Å². The predicted octanol–water partition coefficient (Wildman–Crippen LogP) is 2.24. The van der Waals surface area contributed by atoms with Gasteiger partial charge in [0, 0.05) is 26.2 Å². The van der Waals surface area contributed by atoms with Crippen molar-refractivity contribution in [3.8, 4) is 0 Å². The summed E-state index contributed by atoms with van der Waals surface area (Å²) in [6.07, 6.45) is 0. The lowest BCUT2D eigenvalue weighted by molar-refractivity contribution is -0.384. The first-order valence-electron chi connectivity index (χ1n) is 8.41. The molecule has 0 saturated heterocycles. The lowest BCUT2D eigenvalue weighted by Gasteiger charge is -2.34. The lowest BCUT2D eigenvalue weighted by atomic mass is 9.90. The minimum Gasteiger partial charge on any atom is -0.481 e. The third-order valence-electron chi connectivity index (χ3n) is 4.71. The number of hydrogen-bond acceptors (Lipinski definition) is 5. The number of carbonyl (C=O) groups excluding carboxylic acids is 1. The Kier molecular flexibility index (Phi) is 5.07. The summed E-state index contributed by atoms with van der Waals surface area (Å²) in [5.74, 6) is -2.04. The molecule has 0 fully saturated rings. The maximum absolute atomic E-state index is 12.8. The highest BCUT2D eigenvalue weighted by Gasteiger charge is 2.32. The van der Waals surface area contributed by atoms with Crippen molar-refractivity contribution in [2.45, 2.75) is 12.5 Å². The van der Waals surface area contributed by atoms with E-state index < -0.39 is 16.8 Å². The number of carbonyl (C=O) groups is 2. The van der Waals surface area contributed by atoms with Crippen LogP contribution in [-0.2, 0) is 16.1 Å². The molecule has 0 saturated carbocycles. The van der Waals surface area contributed by atoms with Gasteiger partial charge in [-0.15, -0.1) is 0 Å². The molecule has 2 aromatic carbocycles. The van der Waals surface area contributed by atoms with Gasteiger partial charge < -0.3 is 14.9 Å². The fourth-order valence-electron chi connectivity index (χ4n) is 3.34. The highest BCUT2D eigenvalue weighted by Crippen LogP contribution is 2.30. The number of anilines is 1. The zero-order valence-corrected chi connectivity index (χ0v) is 14.7. The zero-order valence-electron chi connectivity index (χ0n) is 14.7. The van der Waals surface area contributed by atoms with Crippen molar-refractivity contribution in [3.05, 3.63) is 69.8 Å². The van der Waals surface area contributed by atoms with Gasteiger partial charge in [-0.25, -0.2) is 0 Å². The molecule has 1 heterocycles. The molecule has 1 atom stereocenters. The third kappa shape index (κ3) is 3.74. The van der Waals surface area contributed by atoms with Crippen molar-refractivity contribution in [1.29, 1.82) is 0 Å². The van der Waals surface area contributed by atoms with Crippen molar-refractivity contribution in [3.63, 3.8) is 0 Å². The van der Waals surface area contributed by atoms with Gasteiger partial charge in [0.15, 0.2) is 0 Å². The maximum Gasteiger partial charge on any atom is 0.312 e. The number of likely N-dealkylation sites (N-methyl/N-ethyl adjacent to an activating group) is 1. The van der Waals surface area contributed by atoms with Crippen LogP contribution < -0.4 is 4.90 Å². The molecule has 3 rings (SSSR count). The Balaban J connectivity index is 1.79. The second kappa shape index (κ2) is 7.45. The van der Waals surface area contributed by atoms with E-state index in [9.17, 15) is 24.8 Å². The average Bonchev–Trinajstić information content (AvgIpc) is 2.66. The second-order valence-corrected chi connectivity index (χ2v) is 6.47. The van der Waals surface area contributed by atoms with E-state index in [2.05, 4.69) is 0 Å². The topological polar surface area (TPSA) is 104 Å². The van der Waals surface area contributed by atoms with Crippen molar-refractivity contribution >= 4 is 23.3 Å². The summed E-state index contributed by atoms with van der Waals surface area (Å²) < 4.78 is 0. The Morgan fingerprint density at radius 1 is 1.22 bits per heavy atom. The summed E-state index contributed by atoms with van der Waals surface area (Å²) >= 11 is 0. The Hall–Kier alpha value is -3.42. The number of hydrogen-bond donors (Lipinski definition) is 1. The van der Waals surface area contributed by atoms with Crippen molar-refractivity contribution in [1.82, 2.24) is 4.90 Å². The minimum atomic E-state index is -0.980. The summed E-state index contributed by atoms with van der Waals surface area (Å²) in [6, 6.07) is 13.4. The van der Waals surface area contributed by atoms with Crippen LogP contribution in [0.2, 0.25) is 0 Å². The molecule has 0 bridgehead atoms. The standard InChI is InChI=1S/C19H19N3O5/c1-20(16-8-4-5-9-17(16)22(26)27)12-18(23)21-10-13-6-2-3-7-14(13)15(11-21)19(24)25/h2-9,15H,10-12H2,1H3,(H,24,25). The molecule has 0 aromatic heterocycles. The SMILES string of the molecule is CN(CC(=O)N1Cc2ccccc2C(C(=O)O)C1)c1ccccc1[N+](=O)[O-]. The monoisotopic (exact) mass is 369 g/mol. The number of nitro benzene ring substituents is 1. The summed E-state index contributed by atoms with van der Waals surface area (Å²) in [5, 5.41) is 20.7. The van der Waals surface area contributed by atoms with Crippen LogP contribution in [0.15, 0.2) is 48.5 Å². The maximum atomic E-state index is 12.8. The van der Waals surface area contributed by atoms with Crippen LogP contribution in [0.1, 0.15) is 17.0 Å². The van der Waals surface area contributed by atoms with Gasteiger partial charge >= 0.3 is 5.97 Å². The number of carboxylic acids is 1. The zero-order chi connectivity index (χ0) is 19.6. The second-order valence-electron chi connectivity index (χ2n) is 6.47. The molecule has 0 radical (unpaired) electrons. The molecular formula is C19H19N3O5. The van der Waals surface area contributed by atoms with Gasteiger partial charge in [0.25, 0.3) is 5.69 Å². The first-order valence-corrected chi connectivity index (χ1v) is 8.41. The molecule has 1 aliphatic heterocycles. The van der Waals surface area contributed by atoms with E-state index in [0.29, 0.717) is 12.2 Å². The molecular weight excluding hydrogens is 350 g/mol. The average molecular weight is 369 g/mol. The fraction of sp³-hybridized carbons (Fsp3) is 0.263. The molecule has 0 aliphatic carbocycles. The van der Waals surface area contributed by atoms with Crippen LogP contribution in [0.25, 0.3) is 0 Å². The number of para-hydroxylation sites is 2. The highest BCUT2D eigenvalue weighted by molar-refractivity contribution is 5.85. The van der Waals surface area contributed by atoms with E-state index in [0.717, 1.165) is 11.1 Å². The Labute approximate surface area is 155 Å². The van der Waals surface area contributed by atoms with E-state index >= 15 is 0 Å². The molecule has 8 heteroatoms. The Morgan fingerprint density at radius 2 is 1.89 bits per heavy atom. The number of amides is 1. The minimum absolute atomic E-state index is 0.0793. The number of fused-ring (bicyclic) bond motifs is 1. The highest BCUT2D eigenvalue weighted by atomic mass is 16.6. The summed E-state index contributed by atoms with van der Waals surface area (Å²) in [6.45, 7) is 0.318. The number of nitrogens with zero attached hydrogens (tertiary/aromatic N) is 3. The first kappa shape index (κ1) is 18.4. The molecule has 2 aromatic rings. The number of benzene rings is 2. The Bertz CT molecular complexity index is 898. The number of rotatable bonds is 5. The van der Waals surface area contributed by atoms with Crippen LogP contribution in [0, 0.1) is 10.1 Å². The van der Waals surface area contributed by atoms with Gasteiger partial charge in [-0.2, -0.15) is 0 Å². The molecule has 1 amide bonds. The van der Waals surface area contributed by atoms with E-state index in [-0.39, 0.29) is 24.7 Å². The lowest BCUT2D eigenvalue weighted by Crippen LogP contribution is -2.44. The largest absolute Gasteiger partial charge is 0.481 e. The third-order valence-corrected chi connectivity index (χ3v) is 4.71. The summed E-state index contributed by atoms with van der Waals surface area (Å²) in [7, 11) is 1.60. The molecule has 1 unspecified atom stereocenters. The van der Waals surface area contributed by atoms with Crippen LogP contribution in [0.4, 0.5) is 11.4 Å². The molecule has 27 heavy (non-hydrogen) atoms. The number of aliphatic carboxylic acids is 1. The quantitative estimate of drug-likeness (QED) is 0.640. The van der Waals surface area contributed by atoms with Crippen LogP contribution >= 0.6 is 0 Å². The summed E-state index contributed by atoms with van der Waals surface area (Å²) in [5.41, 5.74) is 1.78. The molecule has 1 N–H and O–H groups in total. The van der Waals surface area contributed by atoms with Crippen LogP contribution in [-0.4, -0.2) is 46.9 Å². The van der Waals surface area contributed by atoms with Crippen molar-refractivity contribution in [2.75, 3.05) is 25.0 Å². The van der Waals surface area contributed by atoms with E-state index in [4.69, 9.17) is 0 Å². The molecule has 140 valence electrons. The van der Waals surface area contributed by atoms with E-state index in [1.54, 1.807) is 37.4 Å². The van der Waals surface area contributed by atoms with E-state index in [1.807, 2.05) is 12.1 Å². The Morgan fingerprint density at radius 3 is 2.59 bits per heavy atom. The van der Waals surface area contributed by atoms with Crippen molar-refractivity contribution in [2.24, 2.45) is 0 Å². The number of carboxylic acid groups (broad SMARTS) is 1. The van der Waals surface area contributed by atoms with Gasteiger partial charge in [0.1, 0.15) is 5.69 Å². The summed E-state index contributed by atoms with van der Waals surface area (Å²) in [4.78, 5) is 38.1. The number of nitro groups is 1. The first-order chi connectivity index (χ1) is 12.9.